The van der Waals surface area contributed by atoms with Gasteiger partial charge in [-0.25, -0.2) is 4.98 Å². The van der Waals surface area contributed by atoms with Crippen LogP contribution in [0.5, 0.6) is 0 Å². The molecule has 2 aromatic rings. The van der Waals surface area contributed by atoms with E-state index in [-0.39, 0.29) is 5.56 Å². The van der Waals surface area contributed by atoms with E-state index in [4.69, 9.17) is 4.74 Å². The van der Waals surface area contributed by atoms with Crippen molar-refractivity contribution in [1.82, 2.24) is 9.55 Å². The van der Waals surface area contributed by atoms with Crippen LogP contribution in [0.3, 0.4) is 0 Å². The molecule has 2 heterocycles. The fourth-order valence-corrected chi connectivity index (χ4v) is 1.89. The Kier molecular flexibility index (Phi) is 3.94. The van der Waals surface area contributed by atoms with Gasteiger partial charge in [0.2, 0.25) is 0 Å². The Labute approximate surface area is 105 Å². The van der Waals surface area contributed by atoms with Crippen LogP contribution in [0.1, 0.15) is 6.92 Å². The molecular formula is C13H17N3O2. The number of pyridine rings is 2. The van der Waals surface area contributed by atoms with Gasteiger partial charge in [0.1, 0.15) is 5.82 Å². The van der Waals surface area contributed by atoms with Gasteiger partial charge in [0.05, 0.1) is 12.1 Å². The quantitative estimate of drug-likeness (QED) is 0.813. The van der Waals surface area contributed by atoms with Crippen LogP contribution in [0.15, 0.2) is 29.2 Å². The third-order valence-corrected chi connectivity index (χ3v) is 2.80. The zero-order valence-corrected chi connectivity index (χ0v) is 10.6. The zero-order valence-electron chi connectivity index (χ0n) is 10.6. The molecule has 0 bridgehead atoms. The molecule has 0 fully saturated rings. The smallest absolute Gasteiger partial charge is 0.251 e. The summed E-state index contributed by atoms with van der Waals surface area (Å²) in [6, 6.07) is 5.27. The number of ether oxygens (including phenoxy) is 1. The van der Waals surface area contributed by atoms with Gasteiger partial charge in [-0.3, -0.25) is 4.79 Å². The first-order valence-corrected chi connectivity index (χ1v) is 5.98. The average Bonchev–Trinajstić information content (AvgIpc) is 2.39. The lowest BCUT2D eigenvalue weighted by Crippen LogP contribution is -2.18. The van der Waals surface area contributed by atoms with Crippen molar-refractivity contribution in [3.8, 4) is 0 Å². The van der Waals surface area contributed by atoms with Gasteiger partial charge in [-0.2, -0.15) is 0 Å². The van der Waals surface area contributed by atoms with E-state index in [2.05, 4.69) is 10.3 Å². The number of anilines is 1. The maximum atomic E-state index is 11.7. The predicted molar refractivity (Wildman–Crippen MR) is 72.0 cm³/mol. The minimum atomic E-state index is 0.0130. The van der Waals surface area contributed by atoms with E-state index in [1.54, 1.807) is 30.0 Å². The first-order valence-electron chi connectivity index (χ1n) is 5.98. The van der Waals surface area contributed by atoms with Crippen LogP contribution in [0.25, 0.3) is 10.9 Å². The Hall–Kier alpha value is -1.88. The number of aromatic nitrogens is 2. The number of nitrogens with zero attached hydrogens (tertiary/aromatic N) is 2. The maximum absolute atomic E-state index is 11.7. The van der Waals surface area contributed by atoms with E-state index in [0.29, 0.717) is 19.7 Å². The average molecular weight is 247 g/mol. The van der Waals surface area contributed by atoms with Crippen LogP contribution in [-0.2, 0) is 11.3 Å². The molecule has 0 aliphatic rings. The number of fused-ring (bicyclic) bond motifs is 1. The Morgan fingerprint density at radius 3 is 3.00 bits per heavy atom. The highest BCUT2D eigenvalue weighted by molar-refractivity contribution is 5.80. The van der Waals surface area contributed by atoms with Gasteiger partial charge in [0.25, 0.3) is 5.56 Å². The molecule has 0 radical (unpaired) electrons. The van der Waals surface area contributed by atoms with Crippen LogP contribution < -0.4 is 10.9 Å². The topological polar surface area (TPSA) is 56.2 Å². The summed E-state index contributed by atoms with van der Waals surface area (Å²) < 4.78 is 6.70. The second kappa shape index (κ2) is 5.64. The lowest BCUT2D eigenvalue weighted by atomic mass is 10.2. The fourth-order valence-electron chi connectivity index (χ4n) is 1.89. The molecule has 96 valence electrons. The van der Waals surface area contributed by atoms with Gasteiger partial charge in [0.15, 0.2) is 0 Å². The van der Waals surface area contributed by atoms with Gasteiger partial charge in [-0.05, 0) is 13.0 Å². The highest BCUT2D eigenvalue weighted by atomic mass is 16.5. The Morgan fingerprint density at radius 2 is 2.28 bits per heavy atom. The molecule has 0 aliphatic heterocycles. The number of rotatable bonds is 5. The van der Waals surface area contributed by atoms with Crippen molar-refractivity contribution in [3.63, 3.8) is 0 Å². The second-order valence-corrected chi connectivity index (χ2v) is 3.96. The van der Waals surface area contributed by atoms with Gasteiger partial charge in [-0.15, -0.1) is 0 Å². The van der Waals surface area contributed by atoms with Crippen LogP contribution in [0.2, 0.25) is 0 Å². The van der Waals surface area contributed by atoms with Crippen LogP contribution >= 0.6 is 0 Å². The van der Waals surface area contributed by atoms with E-state index in [1.165, 1.54) is 0 Å². The lowest BCUT2D eigenvalue weighted by Gasteiger charge is -2.10. The van der Waals surface area contributed by atoms with Crippen LogP contribution in [0, 0.1) is 0 Å². The summed E-state index contributed by atoms with van der Waals surface area (Å²) in [5, 5.41) is 4.12. The van der Waals surface area contributed by atoms with E-state index < -0.39 is 0 Å². The van der Waals surface area contributed by atoms with E-state index in [1.807, 2.05) is 13.0 Å². The van der Waals surface area contributed by atoms with E-state index >= 15 is 0 Å². The van der Waals surface area contributed by atoms with Crippen molar-refractivity contribution >= 4 is 16.7 Å². The summed E-state index contributed by atoms with van der Waals surface area (Å²) in [5.41, 5.74) is 0.916. The first kappa shape index (κ1) is 12.6. The lowest BCUT2D eigenvalue weighted by molar-refractivity contribution is 0.210. The van der Waals surface area contributed by atoms with Gasteiger partial charge in [0, 0.05) is 43.9 Å². The third-order valence-electron chi connectivity index (χ3n) is 2.80. The summed E-state index contributed by atoms with van der Waals surface area (Å²) in [5.74, 6) is 0.757. The largest absolute Gasteiger partial charge is 0.383 e. The van der Waals surface area contributed by atoms with Crippen molar-refractivity contribution in [2.24, 2.45) is 0 Å². The zero-order chi connectivity index (χ0) is 13.0. The van der Waals surface area contributed by atoms with Crippen molar-refractivity contribution in [2.75, 3.05) is 25.6 Å². The SMILES string of the molecule is CCn1c(=O)ccc2cnc(NCCOC)cc21. The molecule has 0 unspecified atom stereocenters. The predicted octanol–water partition coefficient (Wildman–Crippen LogP) is 1.47. The molecule has 2 aromatic heterocycles. The van der Waals surface area contributed by atoms with Crippen LogP contribution in [-0.4, -0.2) is 29.8 Å². The number of nitrogens with one attached hydrogen (secondary N) is 1. The molecule has 5 nitrogen and oxygen atoms in total. The standard InChI is InChI=1S/C13H17N3O2/c1-3-16-11-8-12(14-6-7-18-2)15-9-10(11)4-5-13(16)17/h4-5,8-9H,3,6-7H2,1-2H3,(H,14,15). The van der Waals surface area contributed by atoms with E-state index in [9.17, 15) is 4.79 Å². The molecular weight excluding hydrogens is 230 g/mol. The Morgan fingerprint density at radius 1 is 1.44 bits per heavy atom. The van der Waals surface area contributed by atoms with Crippen LogP contribution in [0.4, 0.5) is 5.82 Å². The van der Waals surface area contributed by atoms with Crippen molar-refractivity contribution in [2.45, 2.75) is 13.5 Å². The summed E-state index contributed by atoms with van der Waals surface area (Å²) in [6.45, 7) is 3.92. The van der Waals surface area contributed by atoms with Gasteiger partial charge in [-0.1, -0.05) is 0 Å². The highest BCUT2D eigenvalue weighted by Gasteiger charge is 2.03. The summed E-state index contributed by atoms with van der Waals surface area (Å²) in [7, 11) is 1.66. The van der Waals surface area contributed by atoms with E-state index in [0.717, 1.165) is 16.7 Å². The Balaban J connectivity index is 2.39. The maximum Gasteiger partial charge on any atom is 0.251 e. The molecule has 0 aliphatic carbocycles. The molecule has 2 rings (SSSR count). The minimum absolute atomic E-state index is 0.0130. The molecule has 0 saturated carbocycles. The molecule has 0 saturated heterocycles. The first-order chi connectivity index (χ1) is 8.76. The fraction of sp³-hybridized carbons (Fsp3) is 0.385. The normalized spacial score (nSPS) is 10.8. The number of methoxy groups -OCH3 is 1. The number of hydrogen-bond donors (Lipinski definition) is 1. The molecule has 0 amide bonds. The third kappa shape index (κ3) is 2.51. The molecule has 0 atom stereocenters. The molecule has 1 N–H and O–H groups in total. The van der Waals surface area contributed by atoms with Crippen molar-refractivity contribution < 1.29 is 4.74 Å². The second-order valence-electron chi connectivity index (χ2n) is 3.96. The number of aryl methyl sites for hydroxylation is 1. The molecule has 0 aromatic carbocycles. The summed E-state index contributed by atoms with van der Waals surface area (Å²) in [4.78, 5) is 16.0. The molecule has 0 spiro atoms. The highest BCUT2D eigenvalue weighted by Crippen LogP contribution is 2.14. The molecule has 5 heteroatoms. The summed E-state index contributed by atoms with van der Waals surface area (Å²) in [6.07, 6.45) is 1.77. The minimum Gasteiger partial charge on any atom is -0.383 e. The molecule has 18 heavy (non-hydrogen) atoms. The summed E-state index contributed by atoms with van der Waals surface area (Å²) >= 11 is 0. The van der Waals surface area contributed by atoms with Gasteiger partial charge < -0.3 is 14.6 Å². The monoisotopic (exact) mass is 247 g/mol. The number of hydrogen-bond acceptors (Lipinski definition) is 4. The van der Waals surface area contributed by atoms with Crippen molar-refractivity contribution in [3.05, 3.63) is 34.7 Å². The Bertz CT molecular complexity index is 592. The van der Waals surface area contributed by atoms with Gasteiger partial charge >= 0.3 is 0 Å². The van der Waals surface area contributed by atoms with Crippen molar-refractivity contribution in [1.29, 1.82) is 0 Å².